The quantitative estimate of drug-likeness (QED) is 0.365. The molecule has 0 aliphatic carbocycles. The standard InChI is InChI=1S/C19H24FN5O/c1-2-15(20)9-5-4-8-12-22-19-24-17(13-18(26)25(19)21)14-23-16-10-6-3-7-11-16/h2-7,10-11,13,23H,8-9,12,14,21H2,1H3,(H,22,24)/b5-4-,15-2+. The molecule has 2 rings (SSSR count). The molecule has 0 saturated carbocycles. The Morgan fingerprint density at radius 1 is 1.27 bits per heavy atom. The van der Waals surface area contributed by atoms with E-state index in [-0.39, 0.29) is 17.8 Å². The van der Waals surface area contributed by atoms with E-state index in [1.807, 2.05) is 36.4 Å². The minimum atomic E-state index is -0.335. The summed E-state index contributed by atoms with van der Waals surface area (Å²) in [7, 11) is 0. The summed E-state index contributed by atoms with van der Waals surface area (Å²) < 4.78 is 13.9. The first kappa shape index (κ1) is 19.2. The number of para-hydroxylation sites is 1. The molecular weight excluding hydrogens is 333 g/mol. The van der Waals surface area contributed by atoms with Crippen LogP contribution in [0.2, 0.25) is 0 Å². The molecule has 0 spiro atoms. The maximum Gasteiger partial charge on any atom is 0.273 e. The summed E-state index contributed by atoms with van der Waals surface area (Å²) in [5.74, 6) is 5.88. The second-order valence-corrected chi connectivity index (χ2v) is 5.63. The van der Waals surface area contributed by atoms with Gasteiger partial charge in [0.25, 0.3) is 5.56 Å². The predicted molar refractivity (Wildman–Crippen MR) is 104 cm³/mol. The Hall–Kier alpha value is -3.09. The SMILES string of the molecule is C/C=C(/F)C/C=C\CCNc1nc(CNc2ccccc2)cc(=O)n1N. The highest BCUT2D eigenvalue weighted by Crippen LogP contribution is 2.08. The molecule has 4 N–H and O–H groups in total. The summed E-state index contributed by atoms with van der Waals surface area (Å²) in [6.07, 6.45) is 6.03. The average molecular weight is 357 g/mol. The first-order valence-electron chi connectivity index (χ1n) is 8.46. The Labute approximate surface area is 152 Å². The molecule has 1 aromatic carbocycles. The molecule has 0 atom stereocenters. The van der Waals surface area contributed by atoms with Crippen molar-refractivity contribution in [2.75, 3.05) is 23.0 Å². The van der Waals surface area contributed by atoms with Gasteiger partial charge in [-0.1, -0.05) is 36.4 Å². The first-order valence-corrected chi connectivity index (χ1v) is 8.46. The van der Waals surface area contributed by atoms with Gasteiger partial charge in [-0.15, -0.1) is 0 Å². The van der Waals surface area contributed by atoms with Crippen molar-refractivity contribution < 1.29 is 4.39 Å². The highest BCUT2D eigenvalue weighted by molar-refractivity contribution is 5.43. The van der Waals surface area contributed by atoms with Gasteiger partial charge in [-0.3, -0.25) is 4.79 Å². The zero-order chi connectivity index (χ0) is 18.8. The lowest BCUT2D eigenvalue weighted by atomic mass is 10.3. The monoisotopic (exact) mass is 357 g/mol. The highest BCUT2D eigenvalue weighted by Gasteiger charge is 2.06. The Morgan fingerprint density at radius 3 is 2.77 bits per heavy atom. The molecule has 6 nitrogen and oxygen atoms in total. The van der Waals surface area contributed by atoms with Crippen molar-refractivity contribution in [1.29, 1.82) is 0 Å². The fourth-order valence-electron chi connectivity index (χ4n) is 2.20. The van der Waals surface area contributed by atoms with Crippen LogP contribution in [-0.4, -0.2) is 16.2 Å². The van der Waals surface area contributed by atoms with Crippen molar-refractivity contribution in [3.05, 3.63) is 76.5 Å². The molecule has 0 radical (unpaired) electrons. The van der Waals surface area contributed by atoms with Crippen LogP contribution < -0.4 is 22.0 Å². The van der Waals surface area contributed by atoms with Crippen molar-refractivity contribution in [2.24, 2.45) is 0 Å². The molecule has 0 bridgehead atoms. The molecule has 0 unspecified atom stereocenters. The third-order valence-electron chi connectivity index (χ3n) is 3.64. The van der Waals surface area contributed by atoms with Gasteiger partial charge in [0.1, 0.15) is 0 Å². The number of nitrogens with zero attached hydrogens (tertiary/aromatic N) is 2. The molecule has 0 aliphatic rings. The number of benzene rings is 1. The number of rotatable bonds is 9. The van der Waals surface area contributed by atoms with Crippen molar-refractivity contribution in [1.82, 2.24) is 9.66 Å². The van der Waals surface area contributed by atoms with E-state index in [9.17, 15) is 9.18 Å². The molecule has 2 aromatic rings. The second-order valence-electron chi connectivity index (χ2n) is 5.63. The van der Waals surface area contributed by atoms with E-state index in [1.165, 1.54) is 12.1 Å². The zero-order valence-corrected chi connectivity index (χ0v) is 14.8. The number of aromatic nitrogens is 2. The lowest BCUT2D eigenvalue weighted by Crippen LogP contribution is -2.31. The number of hydrogen-bond acceptors (Lipinski definition) is 5. The molecule has 0 saturated heterocycles. The second kappa shape index (κ2) is 10.0. The van der Waals surface area contributed by atoms with Crippen LogP contribution in [0.4, 0.5) is 16.0 Å². The molecule has 26 heavy (non-hydrogen) atoms. The van der Waals surface area contributed by atoms with Gasteiger partial charge in [-0.05, 0) is 25.5 Å². The topological polar surface area (TPSA) is 85.0 Å². The summed E-state index contributed by atoms with van der Waals surface area (Å²) in [5.41, 5.74) is 1.20. The van der Waals surface area contributed by atoms with Gasteiger partial charge in [0.15, 0.2) is 0 Å². The highest BCUT2D eigenvalue weighted by atomic mass is 19.1. The fraction of sp³-hybridized carbons (Fsp3) is 0.263. The fourth-order valence-corrected chi connectivity index (χ4v) is 2.20. The lowest BCUT2D eigenvalue weighted by molar-refractivity contribution is 0.615. The summed E-state index contributed by atoms with van der Waals surface area (Å²) in [6, 6.07) is 11.1. The van der Waals surface area contributed by atoms with E-state index in [0.717, 1.165) is 10.4 Å². The number of hydrogen-bond donors (Lipinski definition) is 3. The summed E-state index contributed by atoms with van der Waals surface area (Å²) in [4.78, 5) is 16.4. The molecular formula is C19H24FN5O. The van der Waals surface area contributed by atoms with Crippen molar-refractivity contribution >= 4 is 11.6 Å². The van der Waals surface area contributed by atoms with Crippen molar-refractivity contribution in [2.45, 2.75) is 26.3 Å². The van der Waals surface area contributed by atoms with Gasteiger partial charge >= 0.3 is 0 Å². The van der Waals surface area contributed by atoms with Crippen molar-refractivity contribution in [3.63, 3.8) is 0 Å². The molecule has 0 aliphatic heterocycles. The maximum atomic E-state index is 13.0. The van der Waals surface area contributed by atoms with Gasteiger partial charge in [0, 0.05) is 24.7 Å². The summed E-state index contributed by atoms with van der Waals surface area (Å²) >= 11 is 0. The van der Waals surface area contributed by atoms with Crippen LogP contribution in [0.15, 0.2) is 65.2 Å². The van der Waals surface area contributed by atoms with Crippen molar-refractivity contribution in [3.8, 4) is 0 Å². The van der Waals surface area contributed by atoms with Crippen LogP contribution in [0.1, 0.15) is 25.5 Å². The van der Waals surface area contributed by atoms with Gasteiger partial charge < -0.3 is 16.5 Å². The molecule has 7 heteroatoms. The zero-order valence-electron chi connectivity index (χ0n) is 14.8. The number of nitrogens with one attached hydrogen (secondary N) is 2. The smallest absolute Gasteiger partial charge is 0.273 e. The van der Waals surface area contributed by atoms with Crippen LogP contribution >= 0.6 is 0 Å². The molecule has 0 amide bonds. The van der Waals surface area contributed by atoms with Crippen LogP contribution in [0.3, 0.4) is 0 Å². The normalized spacial score (nSPS) is 11.7. The van der Waals surface area contributed by atoms with Gasteiger partial charge in [0.2, 0.25) is 5.95 Å². The number of nitrogens with two attached hydrogens (primary N) is 1. The van der Waals surface area contributed by atoms with E-state index in [0.29, 0.717) is 31.2 Å². The minimum absolute atomic E-state index is 0.162. The lowest BCUT2D eigenvalue weighted by Gasteiger charge is -2.11. The van der Waals surface area contributed by atoms with Gasteiger partial charge in [0.05, 0.1) is 18.1 Å². The third kappa shape index (κ3) is 6.08. The summed E-state index contributed by atoms with van der Waals surface area (Å²) in [6.45, 7) is 2.61. The first-order chi connectivity index (χ1) is 12.6. The van der Waals surface area contributed by atoms with E-state index in [2.05, 4.69) is 15.6 Å². The third-order valence-corrected chi connectivity index (χ3v) is 3.64. The Bertz CT molecular complexity index is 814. The van der Waals surface area contributed by atoms with Gasteiger partial charge in [-0.25, -0.2) is 9.37 Å². The minimum Gasteiger partial charge on any atom is -0.379 e. The van der Waals surface area contributed by atoms with Crippen LogP contribution in [0.25, 0.3) is 0 Å². The van der Waals surface area contributed by atoms with E-state index in [1.54, 1.807) is 13.0 Å². The van der Waals surface area contributed by atoms with Crippen LogP contribution in [-0.2, 0) is 6.54 Å². The number of allylic oxidation sites excluding steroid dienone is 3. The number of anilines is 2. The molecule has 1 heterocycles. The Balaban J connectivity index is 1.91. The number of nitrogen functional groups attached to an aromatic ring is 1. The number of halogens is 1. The van der Waals surface area contributed by atoms with E-state index < -0.39 is 0 Å². The van der Waals surface area contributed by atoms with Gasteiger partial charge in [-0.2, -0.15) is 4.68 Å². The average Bonchev–Trinajstić information content (AvgIpc) is 2.66. The molecule has 1 aromatic heterocycles. The molecule has 138 valence electrons. The molecule has 0 fully saturated rings. The van der Waals surface area contributed by atoms with E-state index in [4.69, 9.17) is 5.84 Å². The Kier molecular flexibility index (Phi) is 7.42. The van der Waals surface area contributed by atoms with Crippen LogP contribution in [0, 0.1) is 0 Å². The largest absolute Gasteiger partial charge is 0.379 e. The Morgan fingerprint density at radius 2 is 2.04 bits per heavy atom. The van der Waals surface area contributed by atoms with Crippen LogP contribution in [0.5, 0.6) is 0 Å². The maximum absolute atomic E-state index is 13.0. The van der Waals surface area contributed by atoms with E-state index >= 15 is 0 Å². The predicted octanol–water partition coefficient (Wildman–Crippen LogP) is 3.19. The summed E-state index contributed by atoms with van der Waals surface area (Å²) in [5, 5.41) is 6.24.